The van der Waals surface area contributed by atoms with Crippen molar-refractivity contribution in [1.29, 1.82) is 0 Å². The fourth-order valence-corrected chi connectivity index (χ4v) is 2.95. The van der Waals surface area contributed by atoms with E-state index < -0.39 is 10.9 Å². The van der Waals surface area contributed by atoms with Gasteiger partial charge in [-0.15, -0.1) is 11.3 Å². The van der Waals surface area contributed by atoms with Crippen LogP contribution in [0.1, 0.15) is 24.3 Å². The highest BCUT2D eigenvalue weighted by Crippen LogP contribution is 2.35. The number of carboxylic acid groups (broad SMARTS) is 1. The van der Waals surface area contributed by atoms with Gasteiger partial charge in [-0.25, -0.2) is 9.78 Å². The van der Waals surface area contributed by atoms with Gasteiger partial charge in [0, 0.05) is 30.2 Å². The third-order valence-electron chi connectivity index (χ3n) is 3.26. The van der Waals surface area contributed by atoms with E-state index in [1.807, 2.05) is 13.8 Å². The summed E-state index contributed by atoms with van der Waals surface area (Å²) in [5.41, 5.74) is 0.995. The lowest BCUT2D eigenvalue weighted by Crippen LogP contribution is -2.21. The first-order chi connectivity index (χ1) is 10.5. The minimum atomic E-state index is -1.15. The normalized spacial score (nSPS) is 10.5. The summed E-state index contributed by atoms with van der Waals surface area (Å²) < 4.78 is 0. The summed E-state index contributed by atoms with van der Waals surface area (Å²) in [5.74, 6) is -1.15. The van der Waals surface area contributed by atoms with Crippen LogP contribution in [0.4, 0.5) is 11.4 Å². The molecule has 0 amide bonds. The molecule has 2 aromatic rings. The molecule has 22 heavy (non-hydrogen) atoms. The molecule has 116 valence electrons. The highest BCUT2D eigenvalue weighted by atomic mass is 32.1. The molecule has 2 rings (SSSR count). The average Bonchev–Trinajstić information content (AvgIpc) is 2.98. The maximum Gasteiger partial charge on any atom is 0.355 e. The number of aromatic nitrogens is 1. The zero-order valence-electron chi connectivity index (χ0n) is 12.1. The molecule has 0 radical (unpaired) electrons. The van der Waals surface area contributed by atoms with Crippen LogP contribution in [-0.4, -0.2) is 34.1 Å². The molecule has 0 aliphatic heterocycles. The standard InChI is InChI=1S/C14H15N3O4S/c1-3-16(4-2)9-5-6-12(17(20)21)10(7-9)13-15-11(8-22-13)14(18)19/h5-8H,3-4H2,1-2H3,(H,18,19). The Morgan fingerprint density at radius 2 is 2.09 bits per heavy atom. The van der Waals surface area contributed by atoms with E-state index in [9.17, 15) is 14.9 Å². The Labute approximate surface area is 131 Å². The van der Waals surface area contributed by atoms with Crippen LogP contribution in [0.15, 0.2) is 23.6 Å². The van der Waals surface area contributed by atoms with Gasteiger partial charge in [0.2, 0.25) is 0 Å². The summed E-state index contributed by atoms with van der Waals surface area (Å²) in [6, 6.07) is 4.82. The molecule has 7 nitrogen and oxygen atoms in total. The van der Waals surface area contributed by atoms with E-state index in [0.29, 0.717) is 10.6 Å². The van der Waals surface area contributed by atoms with Gasteiger partial charge in [-0.05, 0) is 26.0 Å². The Hall–Kier alpha value is -2.48. The van der Waals surface area contributed by atoms with Crippen molar-refractivity contribution in [3.05, 3.63) is 39.4 Å². The van der Waals surface area contributed by atoms with Crippen LogP contribution in [0.25, 0.3) is 10.6 Å². The average molecular weight is 321 g/mol. The minimum Gasteiger partial charge on any atom is -0.476 e. The maximum atomic E-state index is 11.2. The maximum absolute atomic E-state index is 11.2. The van der Waals surface area contributed by atoms with Crippen LogP contribution in [0.3, 0.4) is 0 Å². The van der Waals surface area contributed by atoms with Crippen molar-refractivity contribution in [1.82, 2.24) is 4.98 Å². The second-order valence-electron chi connectivity index (χ2n) is 4.47. The van der Waals surface area contributed by atoms with Gasteiger partial charge in [0.25, 0.3) is 5.69 Å². The Morgan fingerprint density at radius 3 is 2.59 bits per heavy atom. The Kier molecular flexibility index (Phi) is 4.71. The van der Waals surface area contributed by atoms with Gasteiger partial charge in [0.15, 0.2) is 5.69 Å². The molecule has 0 saturated carbocycles. The largest absolute Gasteiger partial charge is 0.476 e. The van der Waals surface area contributed by atoms with Crippen molar-refractivity contribution in [3.63, 3.8) is 0 Å². The number of nitro benzene ring substituents is 1. The number of hydrogen-bond acceptors (Lipinski definition) is 6. The van der Waals surface area contributed by atoms with Crippen molar-refractivity contribution in [2.75, 3.05) is 18.0 Å². The number of rotatable bonds is 6. The molecule has 0 unspecified atom stereocenters. The van der Waals surface area contributed by atoms with Gasteiger partial charge < -0.3 is 10.0 Å². The predicted molar refractivity (Wildman–Crippen MR) is 84.7 cm³/mol. The summed E-state index contributed by atoms with van der Waals surface area (Å²) in [6.45, 7) is 5.53. The molecule has 0 saturated heterocycles. The number of anilines is 1. The summed E-state index contributed by atoms with van der Waals surface area (Å²) in [6.07, 6.45) is 0. The van der Waals surface area contributed by atoms with Crippen LogP contribution < -0.4 is 4.90 Å². The van der Waals surface area contributed by atoms with Crippen molar-refractivity contribution >= 4 is 28.7 Å². The van der Waals surface area contributed by atoms with E-state index >= 15 is 0 Å². The van der Waals surface area contributed by atoms with Gasteiger partial charge in [-0.3, -0.25) is 10.1 Å². The summed E-state index contributed by atoms with van der Waals surface area (Å²) in [5, 5.41) is 21.9. The van der Waals surface area contributed by atoms with Crippen molar-refractivity contribution in [2.45, 2.75) is 13.8 Å². The van der Waals surface area contributed by atoms with E-state index in [0.717, 1.165) is 30.1 Å². The molecule has 1 aromatic heterocycles. The Balaban J connectivity index is 2.56. The number of benzene rings is 1. The lowest BCUT2D eigenvalue weighted by molar-refractivity contribution is -0.384. The van der Waals surface area contributed by atoms with Gasteiger partial charge in [-0.1, -0.05) is 0 Å². The van der Waals surface area contributed by atoms with Gasteiger partial charge in [-0.2, -0.15) is 0 Å². The van der Waals surface area contributed by atoms with Crippen LogP contribution in [0, 0.1) is 10.1 Å². The smallest absolute Gasteiger partial charge is 0.355 e. The molecule has 0 aliphatic carbocycles. The van der Waals surface area contributed by atoms with Crippen molar-refractivity contribution in [2.24, 2.45) is 0 Å². The summed E-state index contributed by atoms with van der Waals surface area (Å²) in [4.78, 5) is 27.7. The van der Waals surface area contributed by atoms with Crippen molar-refractivity contribution in [3.8, 4) is 10.6 Å². The first-order valence-electron chi connectivity index (χ1n) is 6.70. The predicted octanol–water partition coefficient (Wildman–Crippen LogP) is 3.26. The minimum absolute atomic E-state index is 0.0813. The quantitative estimate of drug-likeness (QED) is 0.648. The number of thiazole rings is 1. The Morgan fingerprint density at radius 1 is 1.41 bits per heavy atom. The highest BCUT2D eigenvalue weighted by molar-refractivity contribution is 7.13. The molecule has 8 heteroatoms. The number of carboxylic acids is 1. The topological polar surface area (TPSA) is 96.6 Å². The first kappa shape index (κ1) is 15.9. The number of carbonyl (C=O) groups is 1. The monoisotopic (exact) mass is 321 g/mol. The lowest BCUT2D eigenvalue weighted by atomic mass is 10.1. The fourth-order valence-electron chi connectivity index (χ4n) is 2.14. The van der Waals surface area contributed by atoms with Gasteiger partial charge in [0.05, 0.1) is 10.5 Å². The molecule has 0 atom stereocenters. The van der Waals surface area contributed by atoms with Gasteiger partial charge >= 0.3 is 5.97 Å². The number of hydrogen-bond donors (Lipinski definition) is 1. The zero-order chi connectivity index (χ0) is 16.3. The molecule has 0 fully saturated rings. The Bertz CT molecular complexity index is 710. The lowest BCUT2D eigenvalue weighted by Gasteiger charge is -2.21. The molecule has 1 N–H and O–H groups in total. The fraction of sp³-hybridized carbons (Fsp3) is 0.286. The molecule has 1 aromatic carbocycles. The van der Waals surface area contributed by atoms with E-state index in [4.69, 9.17) is 5.11 Å². The zero-order valence-corrected chi connectivity index (χ0v) is 13.0. The van der Waals surface area contributed by atoms with Crippen LogP contribution in [0.2, 0.25) is 0 Å². The van der Waals surface area contributed by atoms with E-state index in [2.05, 4.69) is 9.88 Å². The van der Waals surface area contributed by atoms with Crippen molar-refractivity contribution < 1.29 is 14.8 Å². The molecule has 0 spiro atoms. The van der Waals surface area contributed by atoms with E-state index in [-0.39, 0.29) is 11.4 Å². The first-order valence-corrected chi connectivity index (χ1v) is 7.58. The molecule has 0 aliphatic rings. The van der Waals surface area contributed by atoms with Crippen LogP contribution in [-0.2, 0) is 0 Å². The van der Waals surface area contributed by atoms with Crippen LogP contribution in [0.5, 0.6) is 0 Å². The SMILES string of the molecule is CCN(CC)c1ccc([N+](=O)[O-])c(-c2nc(C(=O)O)cs2)c1. The summed E-state index contributed by atoms with van der Waals surface area (Å²) in [7, 11) is 0. The van der Waals surface area contributed by atoms with Gasteiger partial charge in [0.1, 0.15) is 5.01 Å². The summed E-state index contributed by atoms with van der Waals surface area (Å²) >= 11 is 1.08. The molecule has 1 heterocycles. The van der Waals surface area contributed by atoms with Crippen LogP contribution >= 0.6 is 11.3 Å². The third-order valence-corrected chi connectivity index (χ3v) is 4.13. The second-order valence-corrected chi connectivity index (χ2v) is 5.33. The highest BCUT2D eigenvalue weighted by Gasteiger charge is 2.21. The molecular formula is C14H15N3O4S. The molecule has 0 bridgehead atoms. The third kappa shape index (κ3) is 3.06. The second kappa shape index (κ2) is 6.52. The molecular weight excluding hydrogens is 306 g/mol. The number of nitrogens with zero attached hydrogens (tertiary/aromatic N) is 3. The number of aromatic carboxylic acids is 1. The van der Waals surface area contributed by atoms with E-state index in [1.165, 1.54) is 11.4 Å². The van der Waals surface area contributed by atoms with E-state index in [1.54, 1.807) is 12.1 Å². The number of nitro groups is 1.